The number of thiazole rings is 1. The molecule has 0 saturated heterocycles. The summed E-state index contributed by atoms with van der Waals surface area (Å²) in [5.74, 6) is -0.750. The van der Waals surface area contributed by atoms with Gasteiger partial charge in [0.1, 0.15) is 0 Å². The zero-order chi connectivity index (χ0) is 20.6. The molecule has 3 aromatic rings. The van der Waals surface area contributed by atoms with Gasteiger partial charge in [-0.05, 0) is 36.8 Å². The van der Waals surface area contributed by atoms with E-state index in [1.54, 1.807) is 18.2 Å². The van der Waals surface area contributed by atoms with Crippen LogP contribution >= 0.6 is 11.3 Å². The second-order valence-electron chi connectivity index (χ2n) is 6.10. The van der Waals surface area contributed by atoms with Gasteiger partial charge in [-0.3, -0.25) is 4.79 Å². The summed E-state index contributed by atoms with van der Waals surface area (Å²) in [5, 5.41) is 0. The van der Waals surface area contributed by atoms with Gasteiger partial charge >= 0.3 is 5.97 Å². The molecule has 0 atom stereocenters. The lowest BCUT2D eigenvalue weighted by Gasteiger charge is -2.05. The van der Waals surface area contributed by atoms with Crippen molar-refractivity contribution < 1.29 is 19.1 Å². The van der Waals surface area contributed by atoms with E-state index < -0.39 is 5.97 Å². The summed E-state index contributed by atoms with van der Waals surface area (Å²) in [6, 6.07) is 14.9. The molecule has 0 unspecified atom stereocenters. The van der Waals surface area contributed by atoms with Gasteiger partial charge in [-0.15, -0.1) is 0 Å². The number of amides is 1. The number of nitrogens with zero attached hydrogens (tertiary/aromatic N) is 2. The molecule has 0 saturated carbocycles. The molecule has 2 aromatic carbocycles. The minimum atomic E-state index is -0.401. The van der Waals surface area contributed by atoms with Gasteiger partial charge in [0.25, 0.3) is 5.91 Å². The van der Waals surface area contributed by atoms with Crippen LogP contribution in [-0.2, 0) is 20.8 Å². The Balaban J connectivity index is 1.98. The quantitative estimate of drug-likeness (QED) is 0.339. The van der Waals surface area contributed by atoms with Gasteiger partial charge in [0.15, 0.2) is 4.80 Å². The van der Waals surface area contributed by atoms with Crippen molar-refractivity contribution in [3.05, 3.63) is 70.5 Å². The van der Waals surface area contributed by atoms with Crippen LogP contribution in [0.1, 0.15) is 22.8 Å². The van der Waals surface area contributed by atoms with Crippen LogP contribution in [0.4, 0.5) is 0 Å². The maximum Gasteiger partial charge on any atom is 0.337 e. The van der Waals surface area contributed by atoms with Gasteiger partial charge < -0.3 is 14.0 Å². The molecule has 0 aliphatic rings. The number of carbonyl (C=O) groups is 2. The number of aromatic nitrogens is 1. The van der Waals surface area contributed by atoms with Crippen molar-refractivity contribution in [1.82, 2.24) is 4.57 Å². The van der Waals surface area contributed by atoms with Crippen molar-refractivity contribution in [2.24, 2.45) is 4.99 Å². The van der Waals surface area contributed by atoms with Crippen molar-refractivity contribution in [2.45, 2.75) is 13.5 Å². The normalized spacial score (nSPS) is 12.0. The number of esters is 1. The fraction of sp³-hybridized carbons (Fsp3) is 0.227. The Hall–Kier alpha value is -3.03. The number of fused-ring (bicyclic) bond motifs is 1. The van der Waals surface area contributed by atoms with Crippen LogP contribution in [0.15, 0.2) is 59.6 Å². The summed E-state index contributed by atoms with van der Waals surface area (Å²) in [6.45, 7) is 3.60. The summed E-state index contributed by atoms with van der Waals surface area (Å²) >= 11 is 1.35. The highest BCUT2D eigenvalue weighted by molar-refractivity contribution is 7.16. The molecule has 150 valence electrons. The first-order valence-electron chi connectivity index (χ1n) is 9.23. The summed E-state index contributed by atoms with van der Waals surface area (Å²) in [5.41, 5.74) is 2.28. The number of benzene rings is 2. The molecule has 1 aromatic heterocycles. The SMILES string of the molecule is CCOCCn1c(=NC(=O)C=Cc2ccccc2)sc2cc(C(=O)OC)ccc21. The lowest BCUT2D eigenvalue weighted by molar-refractivity contribution is -0.113. The minimum Gasteiger partial charge on any atom is -0.465 e. The number of carbonyl (C=O) groups excluding carboxylic acids is 2. The van der Waals surface area contributed by atoms with Gasteiger partial charge in [0.05, 0.1) is 29.5 Å². The first kappa shape index (κ1) is 20.7. The van der Waals surface area contributed by atoms with E-state index in [1.165, 1.54) is 24.5 Å². The summed E-state index contributed by atoms with van der Waals surface area (Å²) < 4.78 is 13.0. The van der Waals surface area contributed by atoms with E-state index in [-0.39, 0.29) is 5.91 Å². The lowest BCUT2D eigenvalue weighted by Crippen LogP contribution is -2.19. The first-order chi connectivity index (χ1) is 14.1. The van der Waals surface area contributed by atoms with Crippen LogP contribution in [0, 0.1) is 0 Å². The highest BCUT2D eigenvalue weighted by atomic mass is 32.1. The van der Waals surface area contributed by atoms with Crippen LogP contribution in [-0.4, -0.2) is 36.8 Å². The van der Waals surface area contributed by atoms with E-state index in [9.17, 15) is 9.59 Å². The highest BCUT2D eigenvalue weighted by Crippen LogP contribution is 2.20. The predicted octanol–water partition coefficient (Wildman–Crippen LogP) is 3.67. The smallest absolute Gasteiger partial charge is 0.337 e. The molecule has 1 amide bonds. The maximum atomic E-state index is 12.4. The molecule has 0 radical (unpaired) electrons. The Bertz CT molecular complexity index is 1100. The van der Waals surface area contributed by atoms with Crippen LogP contribution in [0.3, 0.4) is 0 Å². The fourth-order valence-electron chi connectivity index (χ4n) is 2.78. The van der Waals surface area contributed by atoms with Crippen LogP contribution in [0.2, 0.25) is 0 Å². The Morgan fingerprint density at radius 1 is 1.17 bits per heavy atom. The summed E-state index contributed by atoms with van der Waals surface area (Å²) in [7, 11) is 1.35. The van der Waals surface area contributed by atoms with Gasteiger partial charge in [0, 0.05) is 19.2 Å². The zero-order valence-corrected chi connectivity index (χ0v) is 17.1. The summed E-state index contributed by atoms with van der Waals surface area (Å²) in [4.78, 5) is 29.1. The van der Waals surface area contributed by atoms with Crippen molar-refractivity contribution in [1.29, 1.82) is 0 Å². The number of methoxy groups -OCH3 is 1. The third kappa shape index (κ3) is 5.28. The minimum absolute atomic E-state index is 0.348. The van der Waals surface area contributed by atoms with Crippen LogP contribution in [0.5, 0.6) is 0 Å². The lowest BCUT2D eigenvalue weighted by atomic mass is 10.2. The molecule has 7 heteroatoms. The van der Waals surface area contributed by atoms with Gasteiger partial charge in [-0.2, -0.15) is 4.99 Å². The zero-order valence-electron chi connectivity index (χ0n) is 16.3. The topological polar surface area (TPSA) is 69.9 Å². The van der Waals surface area contributed by atoms with E-state index in [0.29, 0.717) is 30.1 Å². The van der Waals surface area contributed by atoms with Crippen molar-refractivity contribution >= 4 is 39.5 Å². The second kappa shape index (κ2) is 9.95. The van der Waals surface area contributed by atoms with E-state index in [0.717, 1.165) is 15.8 Å². The van der Waals surface area contributed by atoms with Crippen molar-refractivity contribution in [2.75, 3.05) is 20.3 Å². The van der Waals surface area contributed by atoms with Crippen molar-refractivity contribution in [3.63, 3.8) is 0 Å². The first-order valence-corrected chi connectivity index (χ1v) is 10.0. The van der Waals surface area contributed by atoms with Gasteiger partial charge in [-0.1, -0.05) is 41.7 Å². The molecule has 0 spiro atoms. The van der Waals surface area contributed by atoms with Gasteiger partial charge in [-0.25, -0.2) is 4.79 Å². The van der Waals surface area contributed by atoms with E-state index in [2.05, 4.69) is 4.99 Å². The molecular weight excluding hydrogens is 388 g/mol. The predicted molar refractivity (Wildman–Crippen MR) is 114 cm³/mol. The molecule has 1 heterocycles. The number of hydrogen-bond donors (Lipinski definition) is 0. The highest BCUT2D eigenvalue weighted by Gasteiger charge is 2.11. The molecule has 0 aliphatic carbocycles. The molecule has 0 N–H and O–H groups in total. The second-order valence-corrected chi connectivity index (χ2v) is 7.11. The number of hydrogen-bond acceptors (Lipinski definition) is 5. The largest absolute Gasteiger partial charge is 0.465 e. The Labute approximate surface area is 172 Å². The number of rotatable bonds is 7. The van der Waals surface area contributed by atoms with Crippen LogP contribution in [0.25, 0.3) is 16.3 Å². The molecule has 0 fully saturated rings. The molecule has 0 aliphatic heterocycles. The standard InChI is InChI=1S/C22H22N2O4S/c1-3-28-14-13-24-18-11-10-17(21(26)27-2)15-19(18)29-22(24)23-20(25)12-9-16-7-5-4-6-8-16/h4-12,15H,3,13-14H2,1-2H3. The molecule has 3 rings (SSSR count). The van der Waals surface area contributed by atoms with E-state index in [1.807, 2.05) is 47.9 Å². The molecule has 0 bridgehead atoms. The number of ether oxygens (including phenoxy) is 2. The third-order valence-corrected chi connectivity index (χ3v) is 5.23. The average Bonchev–Trinajstić information content (AvgIpc) is 3.08. The third-order valence-electron chi connectivity index (χ3n) is 4.19. The Morgan fingerprint density at radius 2 is 1.97 bits per heavy atom. The average molecular weight is 410 g/mol. The Morgan fingerprint density at radius 3 is 2.69 bits per heavy atom. The molecular formula is C22H22N2O4S. The molecule has 6 nitrogen and oxygen atoms in total. The monoisotopic (exact) mass is 410 g/mol. The Kier molecular flexibility index (Phi) is 7.10. The van der Waals surface area contributed by atoms with E-state index >= 15 is 0 Å². The maximum absolute atomic E-state index is 12.4. The van der Waals surface area contributed by atoms with Gasteiger partial charge in [0.2, 0.25) is 0 Å². The fourth-order valence-corrected chi connectivity index (χ4v) is 3.88. The molecule has 29 heavy (non-hydrogen) atoms. The van der Waals surface area contributed by atoms with Crippen LogP contribution < -0.4 is 4.80 Å². The summed E-state index contributed by atoms with van der Waals surface area (Å²) in [6.07, 6.45) is 3.19. The van der Waals surface area contributed by atoms with E-state index in [4.69, 9.17) is 9.47 Å². The van der Waals surface area contributed by atoms with Crippen molar-refractivity contribution in [3.8, 4) is 0 Å².